The summed E-state index contributed by atoms with van der Waals surface area (Å²) < 4.78 is 12.7. The Hall–Kier alpha value is -1.05. The quantitative estimate of drug-likeness (QED) is 0.751. The van der Waals surface area contributed by atoms with Crippen LogP contribution in [0.2, 0.25) is 0 Å². The van der Waals surface area contributed by atoms with Crippen LogP contribution < -0.4 is 5.32 Å². The summed E-state index contributed by atoms with van der Waals surface area (Å²) in [6, 6.07) is 6.57. The van der Waals surface area contributed by atoms with Crippen molar-refractivity contribution >= 4 is 5.69 Å². The highest BCUT2D eigenvalue weighted by molar-refractivity contribution is 5.42. The van der Waals surface area contributed by atoms with Crippen molar-refractivity contribution in [2.24, 2.45) is 5.92 Å². The standard InChI is InChI=1S/C11H16FN/c1-3-9(2)8-13-11-6-4-5-10(12)7-11/h4-7,9,13H,3,8H2,1-2H3/t9-/m1/s1. The second-order valence-corrected chi connectivity index (χ2v) is 3.40. The van der Waals surface area contributed by atoms with Crippen molar-refractivity contribution in [2.75, 3.05) is 11.9 Å². The van der Waals surface area contributed by atoms with Gasteiger partial charge in [-0.15, -0.1) is 0 Å². The average molecular weight is 181 g/mol. The Kier molecular flexibility index (Phi) is 3.74. The zero-order valence-corrected chi connectivity index (χ0v) is 8.18. The minimum Gasteiger partial charge on any atom is -0.385 e. The van der Waals surface area contributed by atoms with Crippen LogP contribution in [-0.2, 0) is 0 Å². The molecule has 0 unspecified atom stereocenters. The first-order valence-electron chi connectivity index (χ1n) is 4.71. The first kappa shape index (κ1) is 10.0. The van der Waals surface area contributed by atoms with Gasteiger partial charge in [-0.25, -0.2) is 4.39 Å². The van der Waals surface area contributed by atoms with E-state index in [1.165, 1.54) is 12.1 Å². The number of halogens is 1. The summed E-state index contributed by atoms with van der Waals surface area (Å²) in [4.78, 5) is 0. The van der Waals surface area contributed by atoms with Gasteiger partial charge in [0.15, 0.2) is 0 Å². The number of nitrogens with one attached hydrogen (secondary N) is 1. The fourth-order valence-corrected chi connectivity index (χ4v) is 1.03. The minimum absolute atomic E-state index is 0.186. The number of hydrogen-bond acceptors (Lipinski definition) is 1. The van der Waals surface area contributed by atoms with E-state index >= 15 is 0 Å². The molecule has 72 valence electrons. The van der Waals surface area contributed by atoms with Gasteiger partial charge in [0.1, 0.15) is 5.82 Å². The third-order valence-electron chi connectivity index (χ3n) is 2.18. The van der Waals surface area contributed by atoms with Crippen molar-refractivity contribution in [1.82, 2.24) is 0 Å². The first-order valence-corrected chi connectivity index (χ1v) is 4.71. The van der Waals surface area contributed by atoms with E-state index < -0.39 is 0 Å². The topological polar surface area (TPSA) is 12.0 Å². The molecule has 13 heavy (non-hydrogen) atoms. The van der Waals surface area contributed by atoms with Crippen LogP contribution in [0.15, 0.2) is 24.3 Å². The maximum atomic E-state index is 12.7. The van der Waals surface area contributed by atoms with Crippen LogP contribution in [0, 0.1) is 11.7 Å². The fraction of sp³-hybridized carbons (Fsp3) is 0.455. The number of rotatable bonds is 4. The lowest BCUT2D eigenvalue weighted by Gasteiger charge is -2.10. The summed E-state index contributed by atoms with van der Waals surface area (Å²) in [5.41, 5.74) is 0.861. The molecule has 0 fully saturated rings. The molecule has 0 saturated carbocycles. The molecular weight excluding hydrogens is 165 g/mol. The molecule has 0 saturated heterocycles. The maximum Gasteiger partial charge on any atom is 0.125 e. The molecule has 0 aliphatic rings. The van der Waals surface area contributed by atoms with Gasteiger partial charge in [-0.3, -0.25) is 0 Å². The fourth-order valence-electron chi connectivity index (χ4n) is 1.03. The van der Waals surface area contributed by atoms with E-state index in [9.17, 15) is 4.39 Å². The zero-order chi connectivity index (χ0) is 9.68. The van der Waals surface area contributed by atoms with Gasteiger partial charge in [-0.2, -0.15) is 0 Å². The Morgan fingerprint density at radius 3 is 2.85 bits per heavy atom. The molecule has 1 nitrogen and oxygen atoms in total. The van der Waals surface area contributed by atoms with Crippen LogP contribution in [0.5, 0.6) is 0 Å². The molecule has 0 heterocycles. The van der Waals surface area contributed by atoms with E-state index in [2.05, 4.69) is 19.2 Å². The van der Waals surface area contributed by atoms with Crippen LogP contribution >= 0.6 is 0 Å². The van der Waals surface area contributed by atoms with Gasteiger partial charge in [0.25, 0.3) is 0 Å². The van der Waals surface area contributed by atoms with Gasteiger partial charge >= 0.3 is 0 Å². The molecule has 1 aromatic rings. The van der Waals surface area contributed by atoms with E-state index in [4.69, 9.17) is 0 Å². The smallest absolute Gasteiger partial charge is 0.125 e. The molecule has 0 bridgehead atoms. The molecule has 0 aliphatic heterocycles. The molecule has 2 heteroatoms. The van der Waals surface area contributed by atoms with Crippen molar-refractivity contribution < 1.29 is 4.39 Å². The second kappa shape index (κ2) is 4.85. The number of anilines is 1. The summed E-state index contributed by atoms with van der Waals surface area (Å²) in [5.74, 6) is 0.442. The predicted molar refractivity (Wildman–Crippen MR) is 54.3 cm³/mol. The van der Waals surface area contributed by atoms with Gasteiger partial charge in [0, 0.05) is 12.2 Å². The summed E-state index contributed by atoms with van der Waals surface area (Å²) in [5, 5.41) is 3.20. The maximum absolute atomic E-state index is 12.7. The van der Waals surface area contributed by atoms with Crippen LogP contribution in [0.25, 0.3) is 0 Å². The third-order valence-corrected chi connectivity index (χ3v) is 2.18. The Balaban J connectivity index is 2.45. The highest BCUT2D eigenvalue weighted by Crippen LogP contribution is 2.10. The monoisotopic (exact) mass is 181 g/mol. The zero-order valence-electron chi connectivity index (χ0n) is 8.18. The molecule has 0 amide bonds. The highest BCUT2D eigenvalue weighted by Gasteiger charge is 1.98. The summed E-state index contributed by atoms with van der Waals surface area (Å²) in [7, 11) is 0. The summed E-state index contributed by atoms with van der Waals surface area (Å²) in [6.07, 6.45) is 1.14. The van der Waals surface area contributed by atoms with Crippen molar-refractivity contribution in [3.63, 3.8) is 0 Å². The SMILES string of the molecule is CC[C@@H](C)CNc1cccc(F)c1. The predicted octanol–water partition coefficient (Wildman–Crippen LogP) is 3.28. The molecular formula is C11H16FN. The van der Waals surface area contributed by atoms with Crippen molar-refractivity contribution in [3.8, 4) is 0 Å². The normalized spacial score (nSPS) is 12.5. The average Bonchev–Trinajstić information content (AvgIpc) is 2.14. The number of hydrogen-bond donors (Lipinski definition) is 1. The van der Waals surface area contributed by atoms with Gasteiger partial charge in [-0.05, 0) is 24.1 Å². The summed E-state index contributed by atoms with van der Waals surface area (Å²) >= 11 is 0. The van der Waals surface area contributed by atoms with Gasteiger partial charge in [0.2, 0.25) is 0 Å². The Labute approximate surface area is 79.0 Å². The van der Waals surface area contributed by atoms with E-state index in [1.807, 2.05) is 6.07 Å². The van der Waals surface area contributed by atoms with E-state index in [0.29, 0.717) is 5.92 Å². The molecule has 1 N–H and O–H groups in total. The highest BCUT2D eigenvalue weighted by atomic mass is 19.1. The molecule has 1 atom stereocenters. The van der Waals surface area contributed by atoms with Crippen molar-refractivity contribution in [1.29, 1.82) is 0 Å². The van der Waals surface area contributed by atoms with Crippen LogP contribution in [0.1, 0.15) is 20.3 Å². The van der Waals surface area contributed by atoms with Crippen LogP contribution in [-0.4, -0.2) is 6.54 Å². The lowest BCUT2D eigenvalue weighted by Crippen LogP contribution is -2.10. The molecule has 0 aliphatic carbocycles. The third kappa shape index (κ3) is 3.45. The van der Waals surface area contributed by atoms with Gasteiger partial charge in [0.05, 0.1) is 0 Å². The largest absolute Gasteiger partial charge is 0.385 e. The minimum atomic E-state index is -0.186. The van der Waals surface area contributed by atoms with E-state index in [0.717, 1.165) is 18.7 Å². The lowest BCUT2D eigenvalue weighted by atomic mass is 10.1. The molecule has 1 aromatic carbocycles. The molecule has 0 spiro atoms. The van der Waals surface area contributed by atoms with Crippen LogP contribution in [0.3, 0.4) is 0 Å². The van der Waals surface area contributed by atoms with E-state index in [-0.39, 0.29) is 5.82 Å². The number of benzene rings is 1. The Morgan fingerprint density at radius 2 is 2.23 bits per heavy atom. The second-order valence-electron chi connectivity index (χ2n) is 3.40. The molecule has 0 aromatic heterocycles. The molecule has 1 rings (SSSR count). The summed E-state index contributed by atoms with van der Waals surface area (Å²) in [6.45, 7) is 5.23. The van der Waals surface area contributed by atoms with Gasteiger partial charge < -0.3 is 5.32 Å². The van der Waals surface area contributed by atoms with Crippen molar-refractivity contribution in [3.05, 3.63) is 30.1 Å². The molecule has 0 radical (unpaired) electrons. The van der Waals surface area contributed by atoms with Gasteiger partial charge in [-0.1, -0.05) is 26.3 Å². The van der Waals surface area contributed by atoms with E-state index in [1.54, 1.807) is 6.07 Å². The Morgan fingerprint density at radius 1 is 1.46 bits per heavy atom. The van der Waals surface area contributed by atoms with Crippen molar-refractivity contribution in [2.45, 2.75) is 20.3 Å². The first-order chi connectivity index (χ1) is 6.22. The lowest BCUT2D eigenvalue weighted by molar-refractivity contribution is 0.592. The van der Waals surface area contributed by atoms with Crippen LogP contribution in [0.4, 0.5) is 10.1 Å². The Bertz CT molecular complexity index is 260.